The first-order valence-corrected chi connectivity index (χ1v) is 10.9. The lowest BCUT2D eigenvalue weighted by molar-refractivity contribution is 0.00691. The average Bonchev–Trinajstić information content (AvgIpc) is 3.26. The van der Waals surface area contributed by atoms with Gasteiger partial charge in [-0.2, -0.15) is 4.98 Å². The molecule has 0 bridgehead atoms. The number of pyridine rings is 1. The molecule has 0 aliphatic carbocycles. The predicted molar refractivity (Wildman–Crippen MR) is 128 cm³/mol. The van der Waals surface area contributed by atoms with E-state index in [2.05, 4.69) is 18.8 Å². The van der Waals surface area contributed by atoms with E-state index in [0.29, 0.717) is 18.1 Å². The molecule has 0 fully saturated rings. The van der Waals surface area contributed by atoms with Gasteiger partial charge < -0.3 is 14.6 Å². The van der Waals surface area contributed by atoms with E-state index in [1.807, 2.05) is 72.1 Å². The standard InChI is InChI=1S/C27H28N2O4/c1-17(2)25(33-16-21-12-10-18(3)26-28-24(32-4)15-29(21)26)20-11-13-22(23(14-20)27(30)31)19-8-6-5-7-9-19/h5-15,17,25H,16H2,1-4H3,(H,30,31). The van der Waals surface area contributed by atoms with Crippen molar-refractivity contribution in [3.63, 3.8) is 0 Å². The number of aromatic carboxylic acids is 1. The van der Waals surface area contributed by atoms with Gasteiger partial charge in [-0.3, -0.25) is 4.40 Å². The summed E-state index contributed by atoms with van der Waals surface area (Å²) in [6, 6.07) is 19.2. The second-order valence-corrected chi connectivity index (χ2v) is 8.44. The minimum Gasteiger partial charge on any atom is -0.480 e. The summed E-state index contributed by atoms with van der Waals surface area (Å²) in [5.74, 6) is -0.259. The maximum Gasteiger partial charge on any atom is 0.336 e. The summed E-state index contributed by atoms with van der Waals surface area (Å²) < 4.78 is 13.6. The summed E-state index contributed by atoms with van der Waals surface area (Å²) >= 11 is 0. The van der Waals surface area contributed by atoms with Gasteiger partial charge in [0, 0.05) is 0 Å². The van der Waals surface area contributed by atoms with Gasteiger partial charge in [0.15, 0.2) is 0 Å². The van der Waals surface area contributed by atoms with E-state index >= 15 is 0 Å². The topological polar surface area (TPSA) is 73.1 Å². The molecule has 33 heavy (non-hydrogen) atoms. The molecule has 0 saturated heterocycles. The zero-order valence-electron chi connectivity index (χ0n) is 19.3. The number of aryl methyl sites for hydroxylation is 1. The number of imidazole rings is 1. The smallest absolute Gasteiger partial charge is 0.336 e. The lowest BCUT2D eigenvalue weighted by Crippen LogP contribution is -2.14. The fraction of sp³-hybridized carbons (Fsp3) is 0.259. The van der Waals surface area contributed by atoms with Crippen LogP contribution in [-0.4, -0.2) is 27.6 Å². The van der Waals surface area contributed by atoms with E-state index in [-0.39, 0.29) is 17.6 Å². The van der Waals surface area contributed by atoms with Crippen LogP contribution in [0.1, 0.15) is 47.1 Å². The van der Waals surface area contributed by atoms with Crippen molar-refractivity contribution in [1.82, 2.24) is 9.38 Å². The van der Waals surface area contributed by atoms with Gasteiger partial charge >= 0.3 is 5.97 Å². The number of carboxylic acid groups (broad SMARTS) is 1. The predicted octanol–water partition coefficient (Wildman–Crippen LogP) is 5.93. The van der Waals surface area contributed by atoms with Gasteiger partial charge in [0.1, 0.15) is 5.65 Å². The number of methoxy groups -OCH3 is 1. The molecule has 0 amide bonds. The first kappa shape index (κ1) is 22.6. The third-order valence-electron chi connectivity index (χ3n) is 5.78. The van der Waals surface area contributed by atoms with Crippen LogP contribution >= 0.6 is 0 Å². The average molecular weight is 445 g/mol. The molecule has 2 aromatic heterocycles. The normalized spacial score (nSPS) is 12.3. The Kier molecular flexibility index (Phi) is 6.47. The van der Waals surface area contributed by atoms with Crippen molar-refractivity contribution >= 4 is 11.6 Å². The highest BCUT2D eigenvalue weighted by Gasteiger charge is 2.21. The van der Waals surface area contributed by atoms with Crippen LogP contribution in [0.4, 0.5) is 0 Å². The molecule has 0 saturated carbocycles. The summed E-state index contributed by atoms with van der Waals surface area (Å²) in [4.78, 5) is 16.6. The van der Waals surface area contributed by atoms with Gasteiger partial charge in [0.2, 0.25) is 5.88 Å². The summed E-state index contributed by atoms with van der Waals surface area (Å²) in [6.45, 7) is 6.50. The highest BCUT2D eigenvalue weighted by Crippen LogP contribution is 2.32. The highest BCUT2D eigenvalue weighted by atomic mass is 16.5. The minimum atomic E-state index is -0.955. The number of aromatic nitrogens is 2. The van der Waals surface area contributed by atoms with E-state index in [1.54, 1.807) is 13.2 Å². The Morgan fingerprint density at radius 3 is 2.52 bits per heavy atom. The van der Waals surface area contributed by atoms with E-state index < -0.39 is 5.97 Å². The minimum absolute atomic E-state index is 0.146. The molecule has 1 unspecified atom stereocenters. The molecule has 1 N–H and O–H groups in total. The molecule has 2 aromatic carbocycles. The van der Waals surface area contributed by atoms with Gasteiger partial charge in [-0.15, -0.1) is 0 Å². The van der Waals surface area contributed by atoms with Crippen LogP contribution in [0.15, 0.2) is 66.9 Å². The van der Waals surface area contributed by atoms with Crippen molar-refractivity contribution in [2.24, 2.45) is 5.92 Å². The van der Waals surface area contributed by atoms with Crippen molar-refractivity contribution in [3.8, 4) is 17.0 Å². The Balaban J connectivity index is 1.65. The zero-order valence-corrected chi connectivity index (χ0v) is 19.3. The van der Waals surface area contributed by atoms with Gasteiger partial charge in [0.05, 0.1) is 37.3 Å². The highest BCUT2D eigenvalue weighted by molar-refractivity contribution is 5.96. The molecule has 0 spiro atoms. The Labute approximate surface area is 193 Å². The lowest BCUT2D eigenvalue weighted by atomic mass is 9.92. The Hall–Kier alpha value is -3.64. The van der Waals surface area contributed by atoms with E-state index in [1.165, 1.54) is 0 Å². The lowest BCUT2D eigenvalue weighted by Gasteiger charge is -2.23. The summed E-state index contributed by atoms with van der Waals surface area (Å²) in [6.07, 6.45) is 1.58. The van der Waals surface area contributed by atoms with Gasteiger partial charge in [0.25, 0.3) is 0 Å². The van der Waals surface area contributed by atoms with Crippen molar-refractivity contribution < 1.29 is 19.4 Å². The third kappa shape index (κ3) is 4.61. The summed E-state index contributed by atoms with van der Waals surface area (Å²) in [5, 5.41) is 9.89. The van der Waals surface area contributed by atoms with Gasteiger partial charge in [-0.1, -0.05) is 62.4 Å². The number of hydrogen-bond donors (Lipinski definition) is 1. The second-order valence-electron chi connectivity index (χ2n) is 8.44. The van der Waals surface area contributed by atoms with Gasteiger partial charge in [-0.05, 0) is 47.2 Å². The maximum absolute atomic E-state index is 12.1. The number of carbonyl (C=O) groups is 1. The molecule has 170 valence electrons. The third-order valence-corrected chi connectivity index (χ3v) is 5.78. The van der Waals surface area contributed by atoms with Crippen LogP contribution < -0.4 is 4.74 Å². The first-order chi connectivity index (χ1) is 15.9. The molecule has 4 aromatic rings. The molecule has 0 radical (unpaired) electrons. The van der Waals surface area contributed by atoms with Crippen LogP contribution in [0.3, 0.4) is 0 Å². The number of benzene rings is 2. The van der Waals surface area contributed by atoms with Crippen molar-refractivity contribution in [1.29, 1.82) is 0 Å². The zero-order chi connectivity index (χ0) is 23.5. The molecular weight excluding hydrogens is 416 g/mol. The number of hydrogen-bond acceptors (Lipinski definition) is 4. The molecule has 1 atom stereocenters. The number of nitrogens with zero attached hydrogens (tertiary/aromatic N) is 2. The Morgan fingerprint density at radius 1 is 1.09 bits per heavy atom. The quantitative estimate of drug-likeness (QED) is 0.365. The largest absolute Gasteiger partial charge is 0.480 e. The monoisotopic (exact) mass is 444 g/mol. The number of ether oxygens (including phenoxy) is 2. The van der Waals surface area contributed by atoms with Crippen LogP contribution in [0.25, 0.3) is 16.8 Å². The number of rotatable bonds is 8. The SMILES string of the molecule is COc1cn2c(COC(c3ccc(-c4ccccc4)c(C(=O)O)c3)C(C)C)ccc(C)c2n1. The van der Waals surface area contributed by atoms with Crippen molar-refractivity contribution in [2.75, 3.05) is 7.11 Å². The fourth-order valence-corrected chi connectivity index (χ4v) is 4.08. The van der Waals surface area contributed by atoms with Crippen LogP contribution in [0, 0.1) is 12.8 Å². The van der Waals surface area contributed by atoms with E-state index in [0.717, 1.165) is 28.0 Å². The molecular formula is C27H28N2O4. The summed E-state index contributed by atoms with van der Waals surface area (Å²) in [7, 11) is 1.60. The maximum atomic E-state index is 12.1. The fourth-order valence-electron chi connectivity index (χ4n) is 4.08. The Bertz CT molecular complexity index is 1280. The molecule has 6 heteroatoms. The molecule has 6 nitrogen and oxygen atoms in total. The molecule has 2 heterocycles. The van der Waals surface area contributed by atoms with E-state index in [4.69, 9.17) is 9.47 Å². The van der Waals surface area contributed by atoms with Gasteiger partial charge in [-0.25, -0.2) is 4.79 Å². The summed E-state index contributed by atoms with van der Waals surface area (Å²) in [5.41, 5.74) is 5.49. The van der Waals surface area contributed by atoms with Crippen LogP contribution in [0.2, 0.25) is 0 Å². The first-order valence-electron chi connectivity index (χ1n) is 10.9. The number of carboxylic acids is 1. The Morgan fingerprint density at radius 2 is 1.85 bits per heavy atom. The molecule has 0 aliphatic rings. The molecule has 4 rings (SSSR count). The van der Waals surface area contributed by atoms with E-state index in [9.17, 15) is 9.90 Å². The molecule has 0 aliphatic heterocycles. The van der Waals surface area contributed by atoms with Crippen LogP contribution in [0.5, 0.6) is 5.88 Å². The van der Waals surface area contributed by atoms with Crippen molar-refractivity contribution in [3.05, 3.63) is 89.2 Å². The number of fused-ring (bicyclic) bond motifs is 1. The second kappa shape index (κ2) is 9.46. The van der Waals surface area contributed by atoms with Crippen LogP contribution in [-0.2, 0) is 11.3 Å². The van der Waals surface area contributed by atoms with Crippen molar-refractivity contribution in [2.45, 2.75) is 33.5 Å².